The number of carbonyl (C=O) groups excluding carboxylic acids is 1. The van der Waals surface area contributed by atoms with Crippen molar-refractivity contribution in [1.82, 2.24) is 4.57 Å². The molecule has 2 aromatic carbocycles. The highest BCUT2D eigenvalue weighted by Gasteiger charge is 2.07. The van der Waals surface area contributed by atoms with Gasteiger partial charge in [0.1, 0.15) is 0 Å². The van der Waals surface area contributed by atoms with Crippen LogP contribution in [0, 0.1) is 0 Å². The third-order valence-corrected chi connectivity index (χ3v) is 3.41. The maximum Gasteiger partial charge on any atom is 0.420 e. The highest BCUT2D eigenvalue weighted by molar-refractivity contribution is 5.93. The topological polar surface area (TPSA) is 90.3 Å². The molecule has 0 aliphatic rings. The van der Waals surface area contributed by atoms with Gasteiger partial charge in [0.15, 0.2) is 5.58 Å². The van der Waals surface area contributed by atoms with E-state index in [4.69, 9.17) is 10.2 Å². The van der Waals surface area contributed by atoms with E-state index in [-0.39, 0.29) is 5.76 Å². The van der Waals surface area contributed by atoms with Gasteiger partial charge in [-0.15, -0.1) is 0 Å². The summed E-state index contributed by atoms with van der Waals surface area (Å²) in [5.41, 5.74) is 7.86. The summed E-state index contributed by atoms with van der Waals surface area (Å²) < 4.78 is 6.76. The van der Waals surface area contributed by atoms with Crippen molar-refractivity contribution >= 4 is 22.7 Å². The number of hydrogen-bond donors (Lipinski definition) is 2. The molecule has 0 fully saturated rings. The lowest BCUT2D eigenvalue weighted by atomic mass is 10.2. The van der Waals surface area contributed by atoms with E-state index in [0.717, 1.165) is 11.2 Å². The number of nitrogens with two attached hydrogens (primary N) is 1. The van der Waals surface area contributed by atoms with Crippen LogP contribution in [0.3, 0.4) is 0 Å². The van der Waals surface area contributed by atoms with Crippen LogP contribution in [0.4, 0.5) is 5.69 Å². The molecule has 0 aliphatic carbocycles. The van der Waals surface area contributed by atoms with Gasteiger partial charge in [0, 0.05) is 24.3 Å². The van der Waals surface area contributed by atoms with Gasteiger partial charge in [0.05, 0.1) is 5.52 Å². The molecule has 1 aromatic heterocycles. The largest absolute Gasteiger partial charge is 0.420 e. The Morgan fingerprint density at radius 3 is 2.59 bits per heavy atom. The van der Waals surface area contributed by atoms with Crippen molar-refractivity contribution in [3.8, 4) is 0 Å². The van der Waals surface area contributed by atoms with Gasteiger partial charge in [0.2, 0.25) is 5.91 Å². The van der Waals surface area contributed by atoms with Crippen LogP contribution in [0.15, 0.2) is 57.7 Å². The molecule has 112 valence electrons. The zero-order valence-electron chi connectivity index (χ0n) is 11.8. The monoisotopic (exact) mass is 297 g/mol. The minimum Gasteiger partial charge on any atom is -0.408 e. The molecule has 1 heterocycles. The van der Waals surface area contributed by atoms with Crippen molar-refractivity contribution in [2.24, 2.45) is 5.73 Å². The Bertz CT molecular complexity index is 862. The summed E-state index contributed by atoms with van der Waals surface area (Å²) in [6.07, 6.45) is 0. The normalized spacial score (nSPS) is 10.7. The number of anilines is 1. The van der Waals surface area contributed by atoms with Crippen LogP contribution < -0.4 is 16.8 Å². The number of benzene rings is 2. The fourth-order valence-electron chi connectivity index (χ4n) is 2.29. The molecule has 0 atom stereocenters. The molecule has 3 N–H and O–H groups in total. The van der Waals surface area contributed by atoms with Crippen LogP contribution in [-0.2, 0) is 6.54 Å². The number of nitrogens with one attached hydrogen (secondary N) is 1. The van der Waals surface area contributed by atoms with E-state index in [1.807, 2.05) is 18.2 Å². The molecule has 1 amide bonds. The fourth-order valence-corrected chi connectivity index (χ4v) is 2.29. The molecule has 6 heteroatoms. The average molecular weight is 297 g/mol. The molecule has 0 bridgehead atoms. The maximum absolute atomic E-state index is 11.8. The molecule has 3 rings (SSSR count). The van der Waals surface area contributed by atoms with Gasteiger partial charge in [0.25, 0.3) is 0 Å². The molecule has 3 aromatic rings. The first-order chi connectivity index (χ1) is 10.6. The van der Waals surface area contributed by atoms with Crippen LogP contribution in [-0.4, -0.2) is 17.0 Å². The van der Waals surface area contributed by atoms with Crippen LogP contribution in [0.1, 0.15) is 10.4 Å². The van der Waals surface area contributed by atoms with E-state index < -0.39 is 5.91 Å². The van der Waals surface area contributed by atoms with Crippen LogP contribution >= 0.6 is 0 Å². The van der Waals surface area contributed by atoms with Gasteiger partial charge in [-0.3, -0.25) is 9.36 Å². The second kappa shape index (κ2) is 5.77. The zero-order valence-corrected chi connectivity index (χ0v) is 11.8. The Morgan fingerprint density at radius 2 is 1.86 bits per heavy atom. The molecule has 0 saturated carbocycles. The molecule has 0 saturated heterocycles. The number of nitrogens with zero attached hydrogens (tertiary/aromatic N) is 1. The van der Waals surface area contributed by atoms with Crippen molar-refractivity contribution in [1.29, 1.82) is 0 Å². The lowest BCUT2D eigenvalue weighted by Crippen LogP contribution is -2.19. The number of oxazole rings is 1. The summed E-state index contributed by atoms with van der Waals surface area (Å²) in [5, 5.41) is 3.19. The fraction of sp³-hybridized carbons (Fsp3) is 0.125. The van der Waals surface area contributed by atoms with Crippen molar-refractivity contribution in [2.75, 3.05) is 11.9 Å². The maximum atomic E-state index is 11.8. The van der Waals surface area contributed by atoms with E-state index in [1.54, 1.807) is 34.9 Å². The van der Waals surface area contributed by atoms with E-state index in [9.17, 15) is 9.59 Å². The number of fused-ring (bicyclic) bond motifs is 1. The molecule has 0 radical (unpaired) electrons. The minimum atomic E-state index is -0.456. The van der Waals surface area contributed by atoms with Gasteiger partial charge < -0.3 is 15.5 Å². The lowest BCUT2D eigenvalue weighted by Gasteiger charge is -2.07. The first-order valence-corrected chi connectivity index (χ1v) is 6.87. The number of hydrogen-bond acceptors (Lipinski definition) is 4. The summed E-state index contributed by atoms with van der Waals surface area (Å²) in [6, 6.07) is 14.2. The van der Waals surface area contributed by atoms with E-state index >= 15 is 0 Å². The number of carbonyl (C=O) groups is 1. The number of para-hydroxylation sites is 2. The molecule has 0 aliphatic heterocycles. The van der Waals surface area contributed by atoms with Crippen molar-refractivity contribution < 1.29 is 9.21 Å². The zero-order chi connectivity index (χ0) is 15.5. The second-order valence-electron chi connectivity index (χ2n) is 4.86. The average Bonchev–Trinajstić information content (AvgIpc) is 2.84. The molecular formula is C16H15N3O3. The van der Waals surface area contributed by atoms with Crippen molar-refractivity contribution in [3.63, 3.8) is 0 Å². The lowest BCUT2D eigenvalue weighted by molar-refractivity contribution is 0.100. The van der Waals surface area contributed by atoms with Crippen LogP contribution in [0.5, 0.6) is 0 Å². The van der Waals surface area contributed by atoms with Crippen molar-refractivity contribution in [3.05, 3.63) is 64.6 Å². The third-order valence-electron chi connectivity index (χ3n) is 3.41. The predicted molar refractivity (Wildman–Crippen MR) is 83.9 cm³/mol. The summed E-state index contributed by atoms with van der Waals surface area (Å²) in [5.74, 6) is -0.824. The Hall–Kier alpha value is -3.02. The Balaban J connectivity index is 1.68. The summed E-state index contributed by atoms with van der Waals surface area (Å²) in [7, 11) is 0. The van der Waals surface area contributed by atoms with Gasteiger partial charge >= 0.3 is 5.76 Å². The SMILES string of the molecule is NC(=O)c1ccc(NCCn2c(=O)oc3ccccc32)cc1. The molecule has 6 nitrogen and oxygen atoms in total. The van der Waals surface area contributed by atoms with Crippen LogP contribution in [0.2, 0.25) is 0 Å². The van der Waals surface area contributed by atoms with E-state index in [1.165, 1.54) is 0 Å². The number of primary amides is 1. The molecule has 0 unspecified atom stereocenters. The molecule has 22 heavy (non-hydrogen) atoms. The smallest absolute Gasteiger partial charge is 0.408 e. The predicted octanol–water partition coefficient (Wildman–Crippen LogP) is 1.81. The number of aromatic nitrogens is 1. The summed E-state index contributed by atoms with van der Waals surface area (Å²) in [6.45, 7) is 1.03. The highest BCUT2D eigenvalue weighted by atomic mass is 16.4. The first kappa shape index (κ1) is 13.9. The van der Waals surface area contributed by atoms with Crippen molar-refractivity contribution in [2.45, 2.75) is 6.54 Å². The number of rotatable bonds is 5. The summed E-state index contributed by atoms with van der Waals surface area (Å²) in [4.78, 5) is 22.8. The van der Waals surface area contributed by atoms with Gasteiger partial charge in [-0.2, -0.15) is 0 Å². The van der Waals surface area contributed by atoms with Crippen LogP contribution in [0.25, 0.3) is 11.1 Å². The standard InChI is InChI=1S/C16H15N3O3/c17-15(20)11-5-7-12(8-6-11)18-9-10-19-13-3-1-2-4-14(13)22-16(19)21/h1-8,18H,9-10H2,(H2,17,20). The quantitative estimate of drug-likeness (QED) is 0.751. The van der Waals surface area contributed by atoms with Gasteiger partial charge in [-0.05, 0) is 36.4 Å². The van der Waals surface area contributed by atoms with E-state index in [0.29, 0.717) is 24.2 Å². The summed E-state index contributed by atoms with van der Waals surface area (Å²) >= 11 is 0. The molecule has 0 spiro atoms. The van der Waals surface area contributed by atoms with E-state index in [2.05, 4.69) is 5.32 Å². The number of amides is 1. The third kappa shape index (κ3) is 2.71. The first-order valence-electron chi connectivity index (χ1n) is 6.87. The Kier molecular flexibility index (Phi) is 3.65. The second-order valence-corrected chi connectivity index (χ2v) is 4.86. The Morgan fingerprint density at radius 1 is 1.14 bits per heavy atom. The Labute approximate surface area is 126 Å². The highest BCUT2D eigenvalue weighted by Crippen LogP contribution is 2.12. The molecular weight excluding hydrogens is 282 g/mol. The van der Waals surface area contributed by atoms with Gasteiger partial charge in [-0.25, -0.2) is 4.79 Å². The van der Waals surface area contributed by atoms with Gasteiger partial charge in [-0.1, -0.05) is 12.1 Å². The minimum absolute atomic E-state index is 0.368.